The quantitative estimate of drug-likeness (QED) is 0.713. The maximum atomic E-state index is 8.99. The Labute approximate surface area is 129 Å². The summed E-state index contributed by atoms with van der Waals surface area (Å²) < 4.78 is 2.03. The predicted octanol–water partition coefficient (Wildman–Crippen LogP) is 4.98. The molecule has 5 heteroatoms. The Balaban J connectivity index is 1.97. The van der Waals surface area contributed by atoms with Crippen molar-refractivity contribution in [3.63, 3.8) is 0 Å². The molecular weight excluding hydrogens is 334 g/mol. The zero-order valence-corrected chi connectivity index (χ0v) is 13.0. The first-order valence-corrected chi connectivity index (χ1v) is 7.60. The molecule has 0 aliphatic heterocycles. The standard InChI is InChI=1S/C15H10BrN3S/c1-9-2-3-13-14(4-9)20-15(19-13)18-12-6-10(8-17)5-11(16)7-12/h2-7H,1H3,(H,18,19). The van der Waals surface area contributed by atoms with E-state index < -0.39 is 0 Å². The van der Waals surface area contributed by atoms with Gasteiger partial charge in [-0.3, -0.25) is 0 Å². The first-order chi connectivity index (χ1) is 9.64. The number of rotatable bonds is 2. The van der Waals surface area contributed by atoms with Crippen LogP contribution in [0.25, 0.3) is 10.2 Å². The number of nitriles is 1. The first kappa shape index (κ1) is 13.1. The highest BCUT2D eigenvalue weighted by Crippen LogP contribution is 2.30. The van der Waals surface area contributed by atoms with E-state index in [1.807, 2.05) is 18.2 Å². The molecule has 0 fully saturated rings. The lowest BCUT2D eigenvalue weighted by atomic mass is 10.2. The van der Waals surface area contributed by atoms with Crippen LogP contribution in [0, 0.1) is 18.3 Å². The Kier molecular flexibility index (Phi) is 3.43. The van der Waals surface area contributed by atoms with Crippen LogP contribution in [0.5, 0.6) is 0 Å². The molecule has 3 nitrogen and oxygen atoms in total. The zero-order valence-electron chi connectivity index (χ0n) is 10.6. The van der Waals surface area contributed by atoms with Crippen molar-refractivity contribution in [2.75, 3.05) is 5.32 Å². The van der Waals surface area contributed by atoms with Gasteiger partial charge in [0.25, 0.3) is 0 Å². The van der Waals surface area contributed by atoms with Gasteiger partial charge in [0.15, 0.2) is 5.13 Å². The van der Waals surface area contributed by atoms with Crippen LogP contribution in [0.1, 0.15) is 11.1 Å². The molecule has 0 radical (unpaired) electrons. The molecule has 1 aromatic heterocycles. The molecule has 2 aromatic carbocycles. The van der Waals surface area contributed by atoms with Crippen molar-refractivity contribution in [2.45, 2.75) is 6.92 Å². The van der Waals surface area contributed by atoms with E-state index in [1.165, 1.54) is 5.56 Å². The second kappa shape index (κ2) is 5.23. The van der Waals surface area contributed by atoms with E-state index in [0.29, 0.717) is 5.56 Å². The Bertz CT molecular complexity index is 833. The van der Waals surface area contributed by atoms with Crippen LogP contribution in [0.2, 0.25) is 0 Å². The number of benzene rings is 2. The van der Waals surface area contributed by atoms with Gasteiger partial charge in [-0.2, -0.15) is 5.26 Å². The average Bonchev–Trinajstić information content (AvgIpc) is 2.79. The van der Waals surface area contributed by atoms with E-state index in [0.717, 1.165) is 25.5 Å². The molecule has 0 saturated heterocycles. The van der Waals surface area contributed by atoms with Gasteiger partial charge in [0.1, 0.15) is 0 Å². The second-order valence-corrected chi connectivity index (χ2v) is 6.40. The second-order valence-electron chi connectivity index (χ2n) is 4.46. The van der Waals surface area contributed by atoms with Gasteiger partial charge in [-0.1, -0.05) is 33.3 Å². The molecule has 0 aliphatic carbocycles. The summed E-state index contributed by atoms with van der Waals surface area (Å²) in [7, 11) is 0. The summed E-state index contributed by atoms with van der Waals surface area (Å²) in [5.74, 6) is 0. The van der Waals surface area contributed by atoms with Gasteiger partial charge >= 0.3 is 0 Å². The number of thiazole rings is 1. The monoisotopic (exact) mass is 343 g/mol. The largest absolute Gasteiger partial charge is 0.331 e. The molecule has 3 rings (SSSR count). The van der Waals surface area contributed by atoms with Gasteiger partial charge < -0.3 is 5.32 Å². The van der Waals surface area contributed by atoms with E-state index in [4.69, 9.17) is 5.26 Å². The molecule has 0 spiro atoms. The molecule has 0 unspecified atom stereocenters. The minimum absolute atomic E-state index is 0.610. The Morgan fingerprint density at radius 2 is 2.10 bits per heavy atom. The molecule has 1 heterocycles. The van der Waals surface area contributed by atoms with E-state index in [1.54, 1.807) is 17.4 Å². The minimum atomic E-state index is 0.610. The summed E-state index contributed by atoms with van der Waals surface area (Å²) in [6.45, 7) is 2.07. The number of hydrogen-bond donors (Lipinski definition) is 1. The molecule has 1 N–H and O–H groups in total. The summed E-state index contributed by atoms with van der Waals surface area (Å²) in [4.78, 5) is 4.54. The minimum Gasteiger partial charge on any atom is -0.331 e. The van der Waals surface area contributed by atoms with Crippen LogP contribution in [0.15, 0.2) is 40.9 Å². The lowest BCUT2D eigenvalue weighted by molar-refractivity contribution is 1.42. The third-order valence-corrected chi connectivity index (χ3v) is 4.21. The molecular formula is C15H10BrN3S. The Morgan fingerprint density at radius 1 is 1.25 bits per heavy atom. The Morgan fingerprint density at radius 3 is 2.90 bits per heavy atom. The normalized spacial score (nSPS) is 10.4. The molecule has 0 atom stereocenters. The topological polar surface area (TPSA) is 48.7 Å². The van der Waals surface area contributed by atoms with Gasteiger partial charge in [0.05, 0.1) is 21.8 Å². The molecule has 20 heavy (non-hydrogen) atoms. The lowest BCUT2D eigenvalue weighted by Crippen LogP contribution is -1.90. The highest BCUT2D eigenvalue weighted by Gasteiger charge is 2.05. The molecule has 0 amide bonds. The maximum Gasteiger partial charge on any atom is 0.188 e. The maximum absolute atomic E-state index is 8.99. The van der Waals surface area contributed by atoms with Crippen molar-refractivity contribution in [1.29, 1.82) is 5.26 Å². The number of nitrogens with one attached hydrogen (secondary N) is 1. The molecule has 0 bridgehead atoms. The summed E-state index contributed by atoms with van der Waals surface area (Å²) in [6, 6.07) is 13.9. The Hall–Kier alpha value is -1.90. The number of hydrogen-bond acceptors (Lipinski definition) is 4. The van der Waals surface area contributed by atoms with Gasteiger partial charge in [-0.15, -0.1) is 0 Å². The van der Waals surface area contributed by atoms with Crippen LogP contribution in [0.4, 0.5) is 10.8 Å². The molecule has 0 saturated carbocycles. The van der Waals surface area contributed by atoms with Crippen LogP contribution in [-0.2, 0) is 0 Å². The van der Waals surface area contributed by atoms with Crippen LogP contribution >= 0.6 is 27.3 Å². The van der Waals surface area contributed by atoms with Gasteiger partial charge in [-0.05, 0) is 42.8 Å². The SMILES string of the molecule is Cc1ccc2nc(Nc3cc(Br)cc(C#N)c3)sc2c1. The summed E-state index contributed by atoms with van der Waals surface area (Å²) in [5.41, 5.74) is 3.67. The fraction of sp³-hybridized carbons (Fsp3) is 0.0667. The van der Waals surface area contributed by atoms with Crippen molar-refractivity contribution >= 4 is 48.3 Å². The third kappa shape index (κ3) is 2.67. The number of aryl methyl sites for hydroxylation is 1. The van der Waals surface area contributed by atoms with Crippen molar-refractivity contribution in [3.05, 3.63) is 52.0 Å². The molecule has 3 aromatic rings. The van der Waals surface area contributed by atoms with Crippen molar-refractivity contribution in [3.8, 4) is 6.07 Å². The van der Waals surface area contributed by atoms with Crippen molar-refractivity contribution < 1.29 is 0 Å². The number of aromatic nitrogens is 1. The van der Waals surface area contributed by atoms with Crippen LogP contribution in [-0.4, -0.2) is 4.98 Å². The van der Waals surface area contributed by atoms with Crippen molar-refractivity contribution in [2.24, 2.45) is 0 Å². The van der Waals surface area contributed by atoms with Gasteiger partial charge in [0, 0.05) is 10.2 Å². The zero-order chi connectivity index (χ0) is 14.1. The van der Waals surface area contributed by atoms with E-state index >= 15 is 0 Å². The number of halogens is 1. The van der Waals surface area contributed by atoms with Gasteiger partial charge in [0.2, 0.25) is 0 Å². The predicted molar refractivity (Wildman–Crippen MR) is 86.5 cm³/mol. The fourth-order valence-electron chi connectivity index (χ4n) is 1.94. The molecule has 98 valence electrons. The lowest BCUT2D eigenvalue weighted by Gasteiger charge is -2.03. The number of fused-ring (bicyclic) bond motifs is 1. The summed E-state index contributed by atoms with van der Waals surface area (Å²) >= 11 is 5.01. The first-order valence-electron chi connectivity index (χ1n) is 5.99. The third-order valence-electron chi connectivity index (χ3n) is 2.82. The van der Waals surface area contributed by atoms with E-state index in [-0.39, 0.29) is 0 Å². The fourth-order valence-corrected chi connectivity index (χ4v) is 3.41. The molecule has 0 aliphatic rings. The number of anilines is 2. The summed E-state index contributed by atoms with van der Waals surface area (Å²) in [6.07, 6.45) is 0. The highest BCUT2D eigenvalue weighted by atomic mass is 79.9. The smallest absolute Gasteiger partial charge is 0.188 e. The highest BCUT2D eigenvalue weighted by molar-refractivity contribution is 9.10. The average molecular weight is 344 g/mol. The van der Waals surface area contributed by atoms with Crippen LogP contribution < -0.4 is 5.32 Å². The summed E-state index contributed by atoms with van der Waals surface area (Å²) in [5, 5.41) is 13.1. The number of nitrogens with zero attached hydrogens (tertiary/aromatic N) is 2. The van der Waals surface area contributed by atoms with Gasteiger partial charge in [-0.25, -0.2) is 4.98 Å². The van der Waals surface area contributed by atoms with E-state index in [9.17, 15) is 0 Å². The van der Waals surface area contributed by atoms with E-state index in [2.05, 4.69) is 51.4 Å². The van der Waals surface area contributed by atoms with Crippen molar-refractivity contribution in [1.82, 2.24) is 4.98 Å². The van der Waals surface area contributed by atoms with Crippen LogP contribution in [0.3, 0.4) is 0 Å².